The van der Waals surface area contributed by atoms with Crippen LogP contribution in [-0.2, 0) is 9.59 Å². The van der Waals surface area contributed by atoms with Crippen molar-refractivity contribution in [3.63, 3.8) is 0 Å². The highest BCUT2D eigenvalue weighted by Crippen LogP contribution is 2.18. The third kappa shape index (κ3) is 5.32. The molecule has 2 atom stereocenters. The smallest absolute Gasteiger partial charge is 0.313 e. The van der Waals surface area contributed by atoms with E-state index >= 15 is 0 Å². The van der Waals surface area contributed by atoms with Crippen LogP contribution < -0.4 is 10.6 Å². The van der Waals surface area contributed by atoms with E-state index in [9.17, 15) is 19.1 Å². The van der Waals surface area contributed by atoms with Crippen LogP contribution in [0.2, 0.25) is 5.02 Å². The van der Waals surface area contributed by atoms with Crippen LogP contribution in [0.5, 0.6) is 0 Å². The number of anilines is 1. The Balaban J connectivity index is 2.53. The van der Waals surface area contributed by atoms with E-state index in [-0.39, 0.29) is 23.2 Å². The number of rotatable bonds is 5. The highest BCUT2D eigenvalue weighted by Gasteiger charge is 2.18. The van der Waals surface area contributed by atoms with Gasteiger partial charge in [-0.2, -0.15) is 0 Å². The van der Waals surface area contributed by atoms with Crippen LogP contribution in [0, 0.1) is 11.7 Å². The Morgan fingerprint density at radius 1 is 1.38 bits per heavy atom. The van der Waals surface area contributed by atoms with E-state index in [1.165, 1.54) is 12.1 Å². The zero-order chi connectivity index (χ0) is 16.0. The van der Waals surface area contributed by atoms with Crippen molar-refractivity contribution in [2.45, 2.75) is 26.4 Å². The fourth-order valence-electron chi connectivity index (χ4n) is 1.52. The molecule has 116 valence electrons. The van der Waals surface area contributed by atoms with Gasteiger partial charge in [-0.1, -0.05) is 31.9 Å². The maximum absolute atomic E-state index is 13.5. The average molecular weight is 317 g/mol. The van der Waals surface area contributed by atoms with E-state index in [2.05, 4.69) is 10.6 Å². The molecule has 0 radical (unpaired) electrons. The van der Waals surface area contributed by atoms with Gasteiger partial charge in [0.05, 0.1) is 11.8 Å². The van der Waals surface area contributed by atoms with Gasteiger partial charge in [0.25, 0.3) is 0 Å². The van der Waals surface area contributed by atoms with Crippen molar-refractivity contribution in [1.29, 1.82) is 0 Å². The second-order valence-electron chi connectivity index (χ2n) is 4.74. The molecule has 7 heteroatoms. The zero-order valence-electron chi connectivity index (χ0n) is 11.8. The fourth-order valence-corrected chi connectivity index (χ4v) is 1.68. The van der Waals surface area contributed by atoms with Crippen LogP contribution in [0.15, 0.2) is 18.2 Å². The lowest BCUT2D eigenvalue weighted by Crippen LogP contribution is -2.41. The number of carbonyl (C=O) groups excluding carboxylic acids is 2. The van der Waals surface area contributed by atoms with Crippen LogP contribution >= 0.6 is 11.6 Å². The number of amides is 2. The van der Waals surface area contributed by atoms with Gasteiger partial charge in [0, 0.05) is 11.6 Å². The van der Waals surface area contributed by atoms with Crippen molar-refractivity contribution in [3.05, 3.63) is 29.0 Å². The standard InChI is InChI=1S/C14H18ClFN2O3/c1-3-8(2)12(19)7-17-13(20)14(21)18-11-5-4-9(15)6-10(11)16/h4-6,8,12,19H,3,7H2,1-2H3,(H,17,20)(H,18,21). The second-order valence-corrected chi connectivity index (χ2v) is 5.18. The summed E-state index contributed by atoms with van der Waals surface area (Å²) in [7, 11) is 0. The molecule has 0 aliphatic heterocycles. The summed E-state index contributed by atoms with van der Waals surface area (Å²) in [6.07, 6.45) is 0.0122. The van der Waals surface area contributed by atoms with Gasteiger partial charge in [0.2, 0.25) is 0 Å². The largest absolute Gasteiger partial charge is 0.391 e. The van der Waals surface area contributed by atoms with Gasteiger partial charge in [0.15, 0.2) is 0 Å². The molecule has 2 unspecified atom stereocenters. The molecule has 0 saturated heterocycles. The lowest BCUT2D eigenvalue weighted by Gasteiger charge is -2.17. The molecule has 1 rings (SSSR count). The maximum atomic E-state index is 13.5. The number of nitrogens with one attached hydrogen (secondary N) is 2. The average Bonchev–Trinajstić information content (AvgIpc) is 2.46. The number of hydrogen-bond acceptors (Lipinski definition) is 3. The summed E-state index contributed by atoms with van der Waals surface area (Å²) in [5.74, 6) is -2.68. The Morgan fingerprint density at radius 3 is 2.62 bits per heavy atom. The van der Waals surface area contributed by atoms with E-state index < -0.39 is 23.7 Å². The molecule has 5 nitrogen and oxygen atoms in total. The summed E-state index contributed by atoms with van der Waals surface area (Å²) in [6, 6.07) is 3.68. The predicted octanol–water partition coefficient (Wildman–Crippen LogP) is 1.94. The van der Waals surface area contributed by atoms with E-state index in [0.29, 0.717) is 0 Å². The Kier molecular flexibility index (Phi) is 6.58. The van der Waals surface area contributed by atoms with Crippen LogP contribution in [0.3, 0.4) is 0 Å². The quantitative estimate of drug-likeness (QED) is 0.726. The monoisotopic (exact) mass is 316 g/mol. The van der Waals surface area contributed by atoms with Gasteiger partial charge in [-0.05, 0) is 24.1 Å². The number of carbonyl (C=O) groups is 2. The maximum Gasteiger partial charge on any atom is 0.313 e. The van der Waals surface area contributed by atoms with Gasteiger partial charge in [-0.25, -0.2) is 4.39 Å². The second kappa shape index (κ2) is 7.95. The summed E-state index contributed by atoms with van der Waals surface area (Å²) in [4.78, 5) is 23.2. The number of aliphatic hydroxyl groups is 1. The molecule has 0 aliphatic carbocycles. The van der Waals surface area contributed by atoms with Crippen molar-refractivity contribution in [2.24, 2.45) is 5.92 Å². The van der Waals surface area contributed by atoms with Crippen molar-refractivity contribution < 1.29 is 19.1 Å². The molecule has 1 aromatic rings. The molecule has 0 fully saturated rings. The molecule has 0 aliphatic rings. The minimum absolute atomic E-state index is 0.00192. The topological polar surface area (TPSA) is 78.4 Å². The Labute approximate surface area is 127 Å². The van der Waals surface area contributed by atoms with Crippen LogP contribution in [0.25, 0.3) is 0 Å². The molecular weight excluding hydrogens is 299 g/mol. The first kappa shape index (κ1) is 17.4. The highest BCUT2D eigenvalue weighted by atomic mass is 35.5. The molecule has 0 saturated carbocycles. The van der Waals surface area contributed by atoms with Crippen molar-refractivity contribution in [3.8, 4) is 0 Å². The van der Waals surface area contributed by atoms with Gasteiger partial charge >= 0.3 is 11.8 Å². The fraction of sp³-hybridized carbons (Fsp3) is 0.429. The normalized spacial score (nSPS) is 13.4. The van der Waals surface area contributed by atoms with Crippen molar-refractivity contribution in [1.82, 2.24) is 5.32 Å². The van der Waals surface area contributed by atoms with Gasteiger partial charge < -0.3 is 15.7 Å². The SMILES string of the molecule is CCC(C)C(O)CNC(=O)C(=O)Nc1ccc(Cl)cc1F. The number of hydrogen-bond donors (Lipinski definition) is 3. The lowest BCUT2D eigenvalue weighted by molar-refractivity contribution is -0.136. The summed E-state index contributed by atoms with van der Waals surface area (Å²) in [5.41, 5.74) is -0.137. The number of benzene rings is 1. The Hall–Kier alpha value is -1.66. The number of halogens is 2. The molecule has 1 aromatic carbocycles. The first-order valence-electron chi connectivity index (χ1n) is 6.57. The molecule has 21 heavy (non-hydrogen) atoms. The first-order chi connectivity index (χ1) is 9.85. The summed E-state index contributed by atoms with van der Waals surface area (Å²) in [5, 5.41) is 14.3. The predicted molar refractivity (Wildman–Crippen MR) is 78.5 cm³/mol. The van der Waals surface area contributed by atoms with Crippen LogP contribution in [-0.4, -0.2) is 29.6 Å². The van der Waals surface area contributed by atoms with Gasteiger partial charge in [-0.3, -0.25) is 9.59 Å². The minimum atomic E-state index is -1.01. The first-order valence-corrected chi connectivity index (χ1v) is 6.95. The molecule has 0 heterocycles. The van der Waals surface area contributed by atoms with Crippen molar-refractivity contribution in [2.75, 3.05) is 11.9 Å². The lowest BCUT2D eigenvalue weighted by atomic mass is 10.0. The molecule has 0 aromatic heterocycles. The third-order valence-corrected chi connectivity index (χ3v) is 3.39. The Bertz CT molecular complexity index is 525. The van der Waals surface area contributed by atoms with E-state index in [1.807, 2.05) is 13.8 Å². The molecule has 3 N–H and O–H groups in total. The molecule has 2 amide bonds. The summed E-state index contributed by atoms with van der Waals surface area (Å²) in [6.45, 7) is 3.70. The van der Waals surface area contributed by atoms with Crippen LogP contribution in [0.4, 0.5) is 10.1 Å². The molecular formula is C14H18ClFN2O3. The van der Waals surface area contributed by atoms with E-state index in [1.54, 1.807) is 0 Å². The summed E-state index contributed by atoms with van der Waals surface area (Å²) >= 11 is 5.58. The van der Waals surface area contributed by atoms with E-state index in [0.717, 1.165) is 12.5 Å². The summed E-state index contributed by atoms with van der Waals surface area (Å²) < 4.78 is 13.5. The molecule has 0 bridgehead atoms. The van der Waals surface area contributed by atoms with Crippen molar-refractivity contribution >= 4 is 29.1 Å². The third-order valence-electron chi connectivity index (χ3n) is 3.16. The Morgan fingerprint density at radius 2 is 2.05 bits per heavy atom. The van der Waals surface area contributed by atoms with Crippen LogP contribution in [0.1, 0.15) is 20.3 Å². The molecule has 0 spiro atoms. The minimum Gasteiger partial charge on any atom is -0.391 e. The zero-order valence-corrected chi connectivity index (χ0v) is 12.6. The number of aliphatic hydroxyl groups excluding tert-OH is 1. The highest BCUT2D eigenvalue weighted by molar-refractivity contribution is 6.39. The van der Waals surface area contributed by atoms with Gasteiger partial charge in [-0.15, -0.1) is 0 Å². The van der Waals surface area contributed by atoms with Gasteiger partial charge in [0.1, 0.15) is 5.82 Å². The van der Waals surface area contributed by atoms with E-state index in [4.69, 9.17) is 11.6 Å².